The van der Waals surface area contributed by atoms with Crippen molar-refractivity contribution in [2.24, 2.45) is 0 Å². The highest BCUT2D eigenvalue weighted by atomic mass is 35.5. The maximum Gasteiger partial charge on any atom is 0.0931 e. The Bertz CT molecular complexity index is 242. The molecule has 0 amide bonds. The molecule has 1 aliphatic carbocycles. The van der Waals surface area contributed by atoms with Crippen LogP contribution in [0, 0.1) is 0 Å². The number of hydrogen-bond donors (Lipinski definition) is 1. The molecule has 11 heavy (non-hydrogen) atoms. The van der Waals surface area contributed by atoms with Crippen molar-refractivity contribution in [1.29, 1.82) is 0 Å². The Morgan fingerprint density at radius 2 is 2.36 bits per heavy atom. The lowest BCUT2D eigenvalue weighted by Gasteiger charge is -1.97. The van der Waals surface area contributed by atoms with Gasteiger partial charge in [0.05, 0.1) is 4.34 Å². The third-order valence-corrected chi connectivity index (χ3v) is 3.00. The number of halogens is 1. The molecule has 0 spiro atoms. The molecule has 0 atom stereocenters. The van der Waals surface area contributed by atoms with Gasteiger partial charge in [0.15, 0.2) is 0 Å². The topological polar surface area (TPSA) is 12.0 Å². The van der Waals surface area contributed by atoms with Gasteiger partial charge in [-0.15, -0.1) is 11.3 Å². The Morgan fingerprint density at radius 1 is 1.55 bits per heavy atom. The van der Waals surface area contributed by atoms with E-state index in [0.717, 1.165) is 16.9 Å². The first-order chi connectivity index (χ1) is 5.34. The molecule has 2 rings (SSSR count). The lowest BCUT2D eigenvalue weighted by atomic mass is 10.4. The van der Waals surface area contributed by atoms with E-state index < -0.39 is 0 Å². The third kappa shape index (κ3) is 2.19. The van der Waals surface area contributed by atoms with Crippen LogP contribution in [0.3, 0.4) is 0 Å². The molecule has 1 nitrogen and oxygen atoms in total. The van der Waals surface area contributed by atoms with Crippen molar-refractivity contribution in [1.82, 2.24) is 5.32 Å². The van der Waals surface area contributed by atoms with Crippen LogP contribution < -0.4 is 5.32 Å². The summed E-state index contributed by atoms with van der Waals surface area (Å²) in [5.41, 5.74) is 0. The average Bonchev–Trinajstić information content (AvgIpc) is 2.72. The first-order valence-electron chi connectivity index (χ1n) is 3.82. The van der Waals surface area contributed by atoms with Crippen LogP contribution in [0.2, 0.25) is 4.34 Å². The predicted octanol–water partition coefficient (Wildman–Crippen LogP) is 2.65. The summed E-state index contributed by atoms with van der Waals surface area (Å²) in [5, 5.41) is 3.44. The lowest BCUT2D eigenvalue weighted by Crippen LogP contribution is -2.14. The summed E-state index contributed by atoms with van der Waals surface area (Å²) < 4.78 is 0.887. The lowest BCUT2D eigenvalue weighted by molar-refractivity contribution is 0.695. The molecule has 0 radical (unpaired) electrons. The van der Waals surface area contributed by atoms with Crippen LogP contribution in [0.4, 0.5) is 0 Å². The summed E-state index contributed by atoms with van der Waals surface area (Å²) in [6, 6.07) is 4.83. The van der Waals surface area contributed by atoms with E-state index in [1.165, 1.54) is 17.7 Å². The second kappa shape index (κ2) is 3.13. The number of thiophene rings is 1. The normalized spacial score (nSPS) is 17.2. The maximum atomic E-state index is 5.78. The minimum Gasteiger partial charge on any atom is -0.309 e. The van der Waals surface area contributed by atoms with Gasteiger partial charge in [0.2, 0.25) is 0 Å². The van der Waals surface area contributed by atoms with Crippen molar-refractivity contribution in [2.75, 3.05) is 0 Å². The summed E-state index contributed by atoms with van der Waals surface area (Å²) in [6.45, 7) is 0.988. The maximum absolute atomic E-state index is 5.78. The number of hydrogen-bond acceptors (Lipinski definition) is 2. The zero-order valence-corrected chi connectivity index (χ0v) is 7.71. The Labute approximate surface area is 75.4 Å². The van der Waals surface area contributed by atoms with Crippen molar-refractivity contribution in [3.05, 3.63) is 21.3 Å². The fraction of sp³-hybridized carbons (Fsp3) is 0.500. The quantitative estimate of drug-likeness (QED) is 0.768. The van der Waals surface area contributed by atoms with Gasteiger partial charge < -0.3 is 5.32 Å². The molecular formula is C8H10ClNS. The Balaban J connectivity index is 1.85. The molecule has 1 saturated carbocycles. The Morgan fingerprint density at radius 3 is 2.91 bits per heavy atom. The second-order valence-corrected chi connectivity index (χ2v) is 4.66. The van der Waals surface area contributed by atoms with Crippen LogP contribution in [-0.2, 0) is 6.54 Å². The Kier molecular flexibility index (Phi) is 2.16. The minimum absolute atomic E-state index is 0.788. The van der Waals surface area contributed by atoms with Crippen molar-refractivity contribution in [2.45, 2.75) is 25.4 Å². The van der Waals surface area contributed by atoms with E-state index in [4.69, 9.17) is 11.6 Å². The second-order valence-electron chi connectivity index (χ2n) is 2.86. The van der Waals surface area contributed by atoms with Crippen LogP contribution >= 0.6 is 22.9 Å². The molecule has 60 valence electrons. The highest BCUT2D eigenvalue weighted by Crippen LogP contribution is 2.23. The van der Waals surface area contributed by atoms with Gasteiger partial charge in [-0.2, -0.15) is 0 Å². The molecule has 0 unspecified atom stereocenters. The summed E-state index contributed by atoms with van der Waals surface area (Å²) in [6.07, 6.45) is 2.69. The highest BCUT2D eigenvalue weighted by Gasteiger charge is 2.19. The van der Waals surface area contributed by atoms with Gasteiger partial charge in [-0.25, -0.2) is 0 Å². The number of rotatable bonds is 3. The van der Waals surface area contributed by atoms with Gasteiger partial charge in [-0.05, 0) is 25.0 Å². The summed E-state index contributed by atoms with van der Waals surface area (Å²) in [5.74, 6) is 0. The largest absolute Gasteiger partial charge is 0.309 e. The van der Waals surface area contributed by atoms with E-state index in [1.807, 2.05) is 6.07 Å². The van der Waals surface area contributed by atoms with Gasteiger partial charge >= 0.3 is 0 Å². The van der Waals surface area contributed by atoms with Crippen LogP contribution in [0.25, 0.3) is 0 Å². The molecule has 0 aliphatic heterocycles. The van der Waals surface area contributed by atoms with Gasteiger partial charge in [0.1, 0.15) is 0 Å². The first-order valence-corrected chi connectivity index (χ1v) is 5.01. The fourth-order valence-corrected chi connectivity index (χ4v) is 2.02. The van der Waals surface area contributed by atoms with Crippen LogP contribution in [0.15, 0.2) is 12.1 Å². The first kappa shape index (κ1) is 7.59. The summed E-state index contributed by atoms with van der Waals surface area (Å²) in [7, 11) is 0. The van der Waals surface area contributed by atoms with E-state index in [2.05, 4.69) is 11.4 Å². The van der Waals surface area contributed by atoms with Crippen molar-refractivity contribution < 1.29 is 0 Å². The van der Waals surface area contributed by atoms with Gasteiger partial charge in [-0.1, -0.05) is 11.6 Å². The number of nitrogens with one attached hydrogen (secondary N) is 1. The zero-order chi connectivity index (χ0) is 7.68. The third-order valence-electron chi connectivity index (χ3n) is 1.77. The standard InChI is InChI=1S/C8H10ClNS/c9-8-4-3-7(11-8)5-10-6-1-2-6/h3-4,6,10H,1-2,5H2. The van der Waals surface area contributed by atoms with Gasteiger partial charge in [0, 0.05) is 17.5 Å². The summed E-state index contributed by atoms with van der Waals surface area (Å²) >= 11 is 7.44. The monoisotopic (exact) mass is 187 g/mol. The van der Waals surface area contributed by atoms with Crippen molar-refractivity contribution >= 4 is 22.9 Å². The van der Waals surface area contributed by atoms with Crippen LogP contribution in [0.5, 0.6) is 0 Å². The molecule has 0 aromatic carbocycles. The predicted molar refractivity (Wildman–Crippen MR) is 49.2 cm³/mol. The van der Waals surface area contributed by atoms with Crippen molar-refractivity contribution in [3.63, 3.8) is 0 Å². The molecular weight excluding hydrogens is 178 g/mol. The zero-order valence-electron chi connectivity index (χ0n) is 6.14. The molecule has 3 heteroatoms. The molecule has 0 bridgehead atoms. The van der Waals surface area contributed by atoms with Gasteiger partial charge in [0.25, 0.3) is 0 Å². The highest BCUT2D eigenvalue weighted by molar-refractivity contribution is 7.16. The molecule has 1 N–H and O–H groups in total. The van der Waals surface area contributed by atoms with E-state index in [-0.39, 0.29) is 0 Å². The van der Waals surface area contributed by atoms with E-state index in [9.17, 15) is 0 Å². The van der Waals surface area contributed by atoms with E-state index in [1.54, 1.807) is 11.3 Å². The molecule has 1 heterocycles. The molecule has 1 aromatic heterocycles. The van der Waals surface area contributed by atoms with Crippen LogP contribution in [0.1, 0.15) is 17.7 Å². The SMILES string of the molecule is Clc1ccc(CNC2CC2)s1. The molecule has 1 aromatic rings. The van der Waals surface area contributed by atoms with Crippen LogP contribution in [-0.4, -0.2) is 6.04 Å². The van der Waals surface area contributed by atoms with E-state index in [0.29, 0.717) is 0 Å². The smallest absolute Gasteiger partial charge is 0.0931 e. The molecule has 0 saturated heterocycles. The minimum atomic E-state index is 0.788. The van der Waals surface area contributed by atoms with E-state index >= 15 is 0 Å². The molecule has 1 fully saturated rings. The fourth-order valence-electron chi connectivity index (χ4n) is 0.979. The Hall–Kier alpha value is -0.0500. The summed E-state index contributed by atoms with van der Waals surface area (Å²) in [4.78, 5) is 1.34. The average molecular weight is 188 g/mol. The van der Waals surface area contributed by atoms with Crippen molar-refractivity contribution in [3.8, 4) is 0 Å². The molecule has 1 aliphatic rings. The van der Waals surface area contributed by atoms with Gasteiger partial charge in [-0.3, -0.25) is 0 Å².